The molecule has 0 spiro atoms. The van der Waals surface area contributed by atoms with E-state index in [0.29, 0.717) is 0 Å². The Morgan fingerprint density at radius 2 is 1.43 bits per heavy atom. The van der Waals surface area contributed by atoms with E-state index >= 15 is 0 Å². The molecule has 0 atom stereocenters. The highest BCUT2D eigenvalue weighted by Gasteiger charge is 2.13. The van der Waals surface area contributed by atoms with Gasteiger partial charge in [0.25, 0.3) is 0 Å². The second-order valence-corrected chi connectivity index (χ2v) is 4.74. The summed E-state index contributed by atoms with van der Waals surface area (Å²) in [4.78, 5) is 0. The Balaban J connectivity index is 2.24. The standard InChI is InChI=1S/C19H20O2/c1-16(13-14-20-2)15-21-19(17-9-5-3-6-10-17)18-11-7-4-8-12-18/h3-15,19H,1-2H3/b14-13+,16-15-. The lowest BCUT2D eigenvalue weighted by Gasteiger charge is -2.18. The molecule has 0 saturated heterocycles. The number of hydrogen-bond acceptors (Lipinski definition) is 2. The largest absolute Gasteiger partial charge is 0.504 e. The van der Waals surface area contributed by atoms with E-state index in [1.807, 2.05) is 49.4 Å². The van der Waals surface area contributed by atoms with Crippen molar-refractivity contribution in [1.82, 2.24) is 0 Å². The molecule has 21 heavy (non-hydrogen) atoms. The summed E-state index contributed by atoms with van der Waals surface area (Å²) in [7, 11) is 1.63. The van der Waals surface area contributed by atoms with Gasteiger partial charge >= 0.3 is 0 Å². The maximum atomic E-state index is 6.00. The van der Waals surface area contributed by atoms with Gasteiger partial charge in [-0.1, -0.05) is 60.7 Å². The Morgan fingerprint density at radius 1 is 0.905 bits per heavy atom. The third-order valence-electron chi connectivity index (χ3n) is 3.06. The van der Waals surface area contributed by atoms with Crippen molar-refractivity contribution >= 4 is 0 Å². The van der Waals surface area contributed by atoms with Gasteiger partial charge < -0.3 is 9.47 Å². The fourth-order valence-corrected chi connectivity index (χ4v) is 2.00. The third kappa shape index (κ3) is 4.53. The molecule has 108 valence electrons. The van der Waals surface area contributed by atoms with Crippen molar-refractivity contribution in [3.05, 3.63) is 96.0 Å². The second kappa shape index (κ2) is 7.95. The molecule has 2 heteroatoms. The van der Waals surface area contributed by atoms with Gasteiger partial charge in [-0.2, -0.15) is 0 Å². The molecule has 2 nitrogen and oxygen atoms in total. The van der Waals surface area contributed by atoms with Crippen LogP contribution in [0.15, 0.2) is 84.8 Å². The van der Waals surface area contributed by atoms with Crippen LogP contribution in [0.5, 0.6) is 0 Å². The molecule has 2 aromatic carbocycles. The predicted molar refractivity (Wildman–Crippen MR) is 85.7 cm³/mol. The number of ether oxygens (including phenoxy) is 2. The van der Waals surface area contributed by atoms with Gasteiger partial charge in [-0.15, -0.1) is 0 Å². The van der Waals surface area contributed by atoms with Crippen LogP contribution in [0.4, 0.5) is 0 Å². The fraction of sp³-hybridized carbons (Fsp3) is 0.158. The summed E-state index contributed by atoms with van der Waals surface area (Å²) in [5.74, 6) is 0. The first-order valence-electron chi connectivity index (χ1n) is 6.92. The van der Waals surface area contributed by atoms with E-state index in [9.17, 15) is 0 Å². The van der Waals surface area contributed by atoms with E-state index in [0.717, 1.165) is 16.7 Å². The highest BCUT2D eigenvalue weighted by Crippen LogP contribution is 2.26. The average molecular weight is 280 g/mol. The number of hydrogen-bond donors (Lipinski definition) is 0. The summed E-state index contributed by atoms with van der Waals surface area (Å²) in [5, 5.41) is 0. The molecule has 0 saturated carbocycles. The number of allylic oxidation sites excluding steroid dienone is 2. The van der Waals surface area contributed by atoms with E-state index in [4.69, 9.17) is 9.47 Å². The Kier molecular flexibility index (Phi) is 5.65. The van der Waals surface area contributed by atoms with Crippen molar-refractivity contribution in [1.29, 1.82) is 0 Å². The van der Waals surface area contributed by atoms with E-state index in [-0.39, 0.29) is 6.10 Å². The molecule has 2 rings (SSSR count). The Labute approximate surface area is 126 Å². The van der Waals surface area contributed by atoms with Crippen LogP contribution in [0.3, 0.4) is 0 Å². The van der Waals surface area contributed by atoms with Gasteiger partial charge in [0.2, 0.25) is 0 Å². The van der Waals surface area contributed by atoms with Crippen LogP contribution in [0.1, 0.15) is 24.2 Å². The van der Waals surface area contributed by atoms with Crippen LogP contribution in [0, 0.1) is 0 Å². The zero-order chi connectivity index (χ0) is 14.9. The molecule has 0 heterocycles. The molecule has 0 fully saturated rings. The van der Waals surface area contributed by atoms with E-state index in [2.05, 4.69) is 24.3 Å². The molecular formula is C19H20O2. The van der Waals surface area contributed by atoms with Crippen molar-refractivity contribution in [3.8, 4) is 0 Å². The molecule has 0 radical (unpaired) electrons. The molecule has 0 unspecified atom stereocenters. The molecule has 0 aliphatic rings. The van der Waals surface area contributed by atoms with Crippen LogP contribution >= 0.6 is 0 Å². The van der Waals surface area contributed by atoms with Crippen LogP contribution in [-0.2, 0) is 9.47 Å². The highest BCUT2D eigenvalue weighted by molar-refractivity contribution is 5.30. The molecule has 0 N–H and O–H groups in total. The molecule has 0 bridgehead atoms. The molecule has 2 aromatic rings. The quantitative estimate of drug-likeness (QED) is 0.556. The Hall–Kier alpha value is -2.48. The van der Waals surface area contributed by atoms with E-state index in [1.54, 1.807) is 19.6 Å². The molecular weight excluding hydrogens is 260 g/mol. The van der Waals surface area contributed by atoms with Gasteiger partial charge in [0, 0.05) is 0 Å². The predicted octanol–water partition coefficient (Wildman–Crippen LogP) is 4.86. The van der Waals surface area contributed by atoms with Gasteiger partial charge in [-0.3, -0.25) is 0 Å². The smallest absolute Gasteiger partial charge is 0.148 e. The molecule has 0 aromatic heterocycles. The maximum absolute atomic E-state index is 6.00. The van der Waals surface area contributed by atoms with E-state index in [1.165, 1.54) is 0 Å². The minimum Gasteiger partial charge on any atom is -0.504 e. The van der Waals surface area contributed by atoms with E-state index < -0.39 is 0 Å². The van der Waals surface area contributed by atoms with Gasteiger partial charge in [0.05, 0.1) is 19.6 Å². The average Bonchev–Trinajstić information content (AvgIpc) is 2.55. The minimum atomic E-state index is -0.113. The zero-order valence-corrected chi connectivity index (χ0v) is 12.4. The first kappa shape index (κ1) is 14.9. The van der Waals surface area contributed by atoms with Crippen molar-refractivity contribution in [2.45, 2.75) is 13.0 Å². The van der Waals surface area contributed by atoms with Gasteiger partial charge in [0.1, 0.15) is 6.10 Å². The lowest BCUT2D eigenvalue weighted by Crippen LogP contribution is -2.02. The van der Waals surface area contributed by atoms with Crippen molar-refractivity contribution < 1.29 is 9.47 Å². The number of benzene rings is 2. The fourth-order valence-electron chi connectivity index (χ4n) is 2.00. The van der Waals surface area contributed by atoms with Crippen molar-refractivity contribution in [3.63, 3.8) is 0 Å². The van der Waals surface area contributed by atoms with Crippen LogP contribution < -0.4 is 0 Å². The Morgan fingerprint density at radius 3 is 1.90 bits per heavy atom. The highest BCUT2D eigenvalue weighted by atomic mass is 16.5. The lowest BCUT2D eigenvalue weighted by molar-refractivity contribution is 0.181. The molecule has 0 aliphatic heterocycles. The van der Waals surface area contributed by atoms with Crippen LogP contribution in [-0.4, -0.2) is 7.11 Å². The SMILES string of the molecule is CO/C=C/C(C)=C\OC(c1ccccc1)c1ccccc1. The van der Waals surface area contributed by atoms with Crippen LogP contribution in [0.25, 0.3) is 0 Å². The second-order valence-electron chi connectivity index (χ2n) is 4.74. The summed E-state index contributed by atoms with van der Waals surface area (Å²) in [5.41, 5.74) is 3.25. The summed E-state index contributed by atoms with van der Waals surface area (Å²) < 4.78 is 10.9. The topological polar surface area (TPSA) is 18.5 Å². The maximum Gasteiger partial charge on any atom is 0.148 e. The van der Waals surface area contributed by atoms with Gasteiger partial charge in [-0.25, -0.2) is 0 Å². The monoisotopic (exact) mass is 280 g/mol. The first-order chi connectivity index (χ1) is 10.3. The number of methoxy groups -OCH3 is 1. The van der Waals surface area contributed by atoms with Gasteiger partial charge in [-0.05, 0) is 29.7 Å². The zero-order valence-electron chi connectivity index (χ0n) is 12.4. The summed E-state index contributed by atoms with van der Waals surface area (Å²) in [6, 6.07) is 20.4. The third-order valence-corrected chi connectivity index (χ3v) is 3.06. The first-order valence-corrected chi connectivity index (χ1v) is 6.92. The minimum absolute atomic E-state index is 0.113. The van der Waals surface area contributed by atoms with Crippen molar-refractivity contribution in [2.75, 3.05) is 7.11 Å². The van der Waals surface area contributed by atoms with Gasteiger partial charge in [0.15, 0.2) is 0 Å². The normalized spacial score (nSPS) is 11.9. The lowest BCUT2D eigenvalue weighted by atomic mass is 10.0. The molecule has 0 amide bonds. The molecule has 0 aliphatic carbocycles. The van der Waals surface area contributed by atoms with Crippen molar-refractivity contribution in [2.24, 2.45) is 0 Å². The Bertz CT molecular complexity index is 546. The summed E-state index contributed by atoms with van der Waals surface area (Å²) in [6.45, 7) is 1.97. The van der Waals surface area contributed by atoms with Crippen LogP contribution in [0.2, 0.25) is 0 Å². The number of rotatable bonds is 6. The summed E-state index contributed by atoms with van der Waals surface area (Å²) >= 11 is 0. The summed E-state index contributed by atoms with van der Waals surface area (Å²) in [6.07, 6.45) is 5.15.